The van der Waals surface area contributed by atoms with Crippen molar-refractivity contribution in [3.05, 3.63) is 102 Å². The van der Waals surface area contributed by atoms with E-state index in [1.54, 1.807) is 54.7 Å². The predicted octanol–water partition coefficient (Wildman–Crippen LogP) is 5.52. The van der Waals surface area contributed by atoms with Crippen LogP contribution in [0.4, 0.5) is 4.39 Å². The molecule has 1 aromatic heterocycles. The summed E-state index contributed by atoms with van der Waals surface area (Å²) in [5.41, 5.74) is 2.87. The number of esters is 1. The van der Waals surface area contributed by atoms with Gasteiger partial charge in [-0.1, -0.05) is 48.5 Å². The van der Waals surface area contributed by atoms with Crippen LogP contribution in [0.15, 0.2) is 79.0 Å². The number of halogens is 1. The van der Waals surface area contributed by atoms with E-state index in [1.165, 1.54) is 6.07 Å². The minimum Gasteiger partial charge on any atom is -0.426 e. The van der Waals surface area contributed by atoms with Gasteiger partial charge in [0.25, 0.3) is 0 Å². The largest absolute Gasteiger partial charge is 0.426 e. The molecule has 0 unspecified atom stereocenters. The molecule has 0 aliphatic carbocycles. The minimum atomic E-state index is -0.466. The highest BCUT2D eigenvalue weighted by atomic mass is 19.1. The SMILES string of the molecule is N#C/C(=C/c1cccc(OC(=O)Cc2c[nH]c3ccccc23)c1)c1ccccc1F. The van der Waals surface area contributed by atoms with E-state index in [0.29, 0.717) is 11.3 Å². The molecule has 4 aromatic rings. The van der Waals surface area contributed by atoms with Crippen molar-refractivity contribution >= 4 is 28.5 Å². The zero-order valence-corrected chi connectivity index (χ0v) is 15.9. The molecule has 0 saturated carbocycles. The number of rotatable bonds is 5. The van der Waals surface area contributed by atoms with Gasteiger partial charge < -0.3 is 9.72 Å². The Labute approximate surface area is 172 Å². The Morgan fingerprint density at radius 3 is 2.70 bits per heavy atom. The molecule has 5 heteroatoms. The van der Waals surface area contributed by atoms with Crippen LogP contribution in [0.2, 0.25) is 0 Å². The molecule has 0 amide bonds. The van der Waals surface area contributed by atoms with Crippen LogP contribution >= 0.6 is 0 Å². The van der Waals surface area contributed by atoms with Crippen LogP contribution in [0.1, 0.15) is 16.7 Å². The summed E-state index contributed by atoms with van der Waals surface area (Å²) < 4.78 is 19.5. The number of H-pyrrole nitrogens is 1. The molecule has 4 rings (SSSR count). The van der Waals surface area contributed by atoms with E-state index in [-0.39, 0.29) is 17.6 Å². The van der Waals surface area contributed by atoms with E-state index < -0.39 is 11.8 Å². The van der Waals surface area contributed by atoms with Crippen molar-refractivity contribution in [2.75, 3.05) is 0 Å². The van der Waals surface area contributed by atoms with Gasteiger partial charge in [-0.05, 0) is 41.5 Å². The van der Waals surface area contributed by atoms with Gasteiger partial charge in [0.1, 0.15) is 11.6 Å². The molecule has 0 atom stereocenters. The Hall–Kier alpha value is -4.17. The average Bonchev–Trinajstić information content (AvgIpc) is 3.15. The number of benzene rings is 3. The summed E-state index contributed by atoms with van der Waals surface area (Å²) in [6, 6.07) is 22.7. The molecule has 1 heterocycles. The Kier molecular flexibility index (Phi) is 5.40. The summed E-state index contributed by atoms with van der Waals surface area (Å²) in [6.07, 6.45) is 3.50. The van der Waals surface area contributed by atoms with Crippen molar-refractivity contribution in [3.8, 4) is 11.8 Å². The molecule has 0 fully saturated rings. The second-order valence-electron chi connectivity index (χ2n) is 6.73. The summed E-state index contributed by atoms with van der Waals surface area (Å²) in [5.74, 6) is -0.499. The number of ether oxygens (including phenoxy) is 1. The van der Waals surface area contributed by atoms with Crippen LogP contribution < -0.4 is 4.74 Å². The highest BCUT2D eigenvalue weighted by molar-refractivity contribution is 5.90. The van der Waals surface area contributed by atoms with Gasteiger partial charge in [0, 0.05) is 22.7 Å². The lowest BCUT2D eigenvalue weighted by Gasteiger charge is -2.06. The lowest BCUT2D eigenvalue weighted by molar-refractivity contribution is -0.133. The van der Waals surface area contributed by atoms with E-state index in [4.69, 9.17) is 4.74 Å². The van der Waals surface area contributed by atoms with E-state index in [2.05, 4.69) is 4.98 Å². The lowest BCUT2D eigenvalue weighted by atomic mass is 10.0. The molecular formula is C25H17FN2O2. The van der Waals surface area contributed by atoms with E-state index in [0.717, 1.165) is 16.5 Å². The second kappa shape index (κ2) is 8.46. The number of aromatic amines is 1. The first-order chi connectivity index (χ1) is 14.6. The number of carbonyl (C=O) groups excluding carboxylic acids is 1. The van der Waals surface area contributed by atoms with Gasteiger partial charge >= 0.3 is 5.97 Å². The normalized spacial score (nSPS) is 11.3. The van der Waals surface area contributed by atoms with Gasteiger partial charge in [-0.3, -0.25) is 4.79 Å². The number of nitriles is 1. The Bertz CT molecular complexity index is 1300. The molecule has 1 N–H and O–H groups in total. The zero-order chi connectivity index (χ0) is 20.9. The van der Waals surface area contributed by atoms with Crippen molar-refractivity contribution in [2.45, 2.75) is 6.42 Å². The number of hydrogen-bond donors (Lipinski definition) is 1. The zero-order valence-electron chi connectivity index (χ0n) is 15.9. The van der Waals surface area contributed by atoms with Gasteiger partial charge in [0.05, 0.1) is 18.1 Å². The third-order valence-electron chi connectivity index (χ3n) is 4.69. The number of nitrogens with zero attached hydrogens (tertiary/aromatic N) is 1. The van der Waals surface area contributed by atoms with Crippen molar-refractivity contribution in [1.82, 2.24) is 4.98 Å². The number of carbonyl (C=O) groups is 1. The first-order valence-electron chi connectivity index (χ1n) is 9.36. The summed E-state index contributed by atoms with van der Waals surface area (Å²) in [5, 5.41) is 10.4. The van der Waals surface area contributed by atoms with Gasteiger partial charge in [-0.2, -0.15) is 5.26 Å². The third-order valence-corrected chi connectivity index (χ3v) is 4.69. The van der Waals surface area contributed by atoms with Crippen LogP contribution in [0, 0.1) is 17.1 Å². The number of nitrogens with one attached hydrogen (secondary N) is 1. The van der Waals surface area contributed by atoms with Crippen LogP contribution in [-0.2, 0) is 11.2 Å². The van der Waals surface area contributed by atoms with E-state index in [1.807, 2.05) is 30.3 Å². The van der Waals surface area contributed by atoms with Gasteiger partial charge in [-0.25, -0.2) is 4.39 Å². The third kappa shape index (κ3) is 4.13. The van der Waals surface area contributed by atoms with Gasteiger partial charge in [0.2, 0.25) is 0 Å². The summed E-state index contributed by atoms with van der Waals surface area (Å²) in [7, 11) is 0. The second-order valence-corrected chi connectivity index (χ2v) is 6.73. The van der Waals surface area contributed by atoms with E-state index in [9.17, 15) is 14.4 Å². The molecule has 0 saturated heterocycles. The number of para-hydroxylation sites is 1. The number of fused-ring (bicyclic) bond motifs is 1. The summed E-state index contributed by atoms with van der Waals surface area (Å²) in [4.78, 5) is 15.6. The lowest BCUT2D eigenvalue weighted by Crippen LogP contribution is -2.11. The molecule has 0 aliphatic rings. The Morgan fingerprint density at radius 1 is 1.07 bits per heavy atom. The Morgan fingerprint density at radius 2 is 1.87 bits per heavy atom. The number of hydrogen-bond acceptors (Lipinski definition) is 3. The molecule has 0 spiro atoms. The standard InChI is InChI=1S/C25H17FN2O2/c26-23-10-3-1-8-21(23)18(15-27)12-17-6-5-7-20(13-17)30-25(29)14-19-16-28-24-11-4-2-9-22(19)24/h1-13,16,28H,14H2/b18-12-. The van der Waals surface area contributed by atoms with E-state index >= 15 is 0 Å². The first kappa shape index (κ1) is 19.2. The number of allylic oxidation sites excluding steroid dienone is 1. The molecule has 0 radical (unpaired) electrons. The summed E-state index contributed by atoms with van der Waals surface area (Å²) >= 11 is 0. The van der Waals surface area contributed by atoms with Crippen molar-refractivity contribution in [3.63, 3.8) is 0 Å². The maximum Gasteiger partial charge on any atom is 0.315 e. The molecule has 4 nitrogen and oxygen atoms in total. The van der Waals surface area contributed by atoms with Crippen molar-refractivity contribution in [1.29, 1.82) is 5.26 Å². The molecule has 0 bridgehead atoms. The topological polar surface area (TPSA) is 65.9 Å². The van der Waals surface area contributed by atoms with Crippen molar-refractivity contribution < 1.29 is 13.9 Å². The predicted molar refractivity (Wildman–Crippen MR) is 114 cm³/mol. The smallest absolute Gasteiger partial charge is 0.315 e. The Balaban J connectivity index is 1.52. The van der Waals surface area contributed by atoms with Crippen LogP contribution in [-0.4, -0.2) is 11.0 Å². The van der Waals surface area contributed by atoms with Crippen LogP contribution in [0.25, 0.3) is 22.6 Å². The maximum absolute atomic E-state index is 14.0. The average molecular weight is 396 g/mol. The minimum absolute atomic E-state index is 0.128. The van der Waals surface area contributed by atoms with Crippen molar-refractivity contribution in [2.24, 2.45) is 0 Å². The van der Waals surface area contributed by atoms with Gasteiger partial charge in [0.15, 0.2) is 0 Å². The first-order valence-corrected chi connectivity index (χ1v) is 9.36. The van der Waals surface area contributed by atoms with Crippen LogP contribution in [0.3, 0.4) is 0 Å². The highest BCUT2D eigenvalue weighted by Gasteiger charge is 2.11. The van der Waals surface area contributed by atoms with Gasteiger partial charge in [-0.15, -0.1) is 0 Å². The number of aromatic nitrogens is 1. The molecule has 0 aliphatic heterocycles. The van der Waals surface area contributed by atoms with Crippen LogP contribution in [0.5, 0.6) is 5.75 Å². The monoisotopic (exact) mass is 396 g/mol. The fraction of sp³-hybridized carbons (Fsp3) is 0.0400. The quantitative estimate of drug-likeness (QED) is 0.209. The molecular weight excluding hydrogens is 379 g/mol. The highest BCUT2D eigenvalue weighted by Crippen LogP contribution is 2.23. The fourth-order valence-electron chi connectivity index (χ4n) is 3.29. The summed E-state index contributed by atoms with van der Waals surface area (Å²) in [6.45, 7) is 0. The molecule has 30 heavy (non-hydrogen) atoms. The maximum atomic E-state index is 14.0. The molecule has 3 aromatic carbocycles. The fourth-order valence-corrected chi connectivity index (χ4v) is 3.29. The molecule has 146 valence electrons.